The van der Waals surface area contributed by atoms with Crippen molar-refractivity contribution in [2.24, 2.45) is 0 Å². The molecule has 2 nitrogen and oxygen atoms in total. The van der Waals surface area contributed by atoms with Gasteiger partial charge in [-0.1, -0.05) is 0 Å². The highest BCUT2D eigenvalue weighted by atomic mass is 79.9. The van der Waals surface area contributed by atoms with Gasteiger partial charge in [0.25, 0.3) is 0 Å². The minimum Gasteiger partial charge on any atom is -0.457 e. The SMILES string of the molecule is CNC(c1ccoc1Br)c1cc(Br)sc1C. The van der Waals surface area contributed by atoms with E-state index in [0.29, 0.717) is 0 Å². The molecule has 0 bridgehead atoms. The van der Waals surface area contributed by atoms with Gasteiger partial charge in [0.05, 0.1) is 16.1 Å². The lowest BCUT2D eigenvalue weighted by Crippen LogP contribution is -2.17. The Hall–Kier alpha value is -0.100. The zero-order valence-electron chi connectivity index (χ0n) is 8.88. The third-order valence-electron chi connectivity index (χ3n) is 2.48. The lowest BCUT2D eigenvalue weighted by Gasteiger charge is -2.14. The van der Waals surface area contributed by atoms with Crippen molar-refractivity contribution >= 4 is 43.2 Å². The van der Waals surface area contributed by atoms with Crippen molar-refractivity contribution in [3.05, 3.63) is 42.9 Å². The Morgan fingerprint density at radius 1 is 1.38 bits per heavy atom. The third kappa shape index (κ3) is 2.27. The van der Waals surface area contributed by atoms with Gasteiger partial charge >= 0.3 is 0 Å². The molecule has 0 amide bonds. The smallest absolute Gasteiger partial charge is 0.174 e. The highest BCUT2D eigenvalue weighted by molar-refractivity contribution is 9.11. The van der Waals surface area contributed by atoms with Gasteiger partial charge in [-0.15, -0.1) is 11.3 Å². The fourth-order valence-electron chi connectivity index (χ4n) is 1.73. The van der Waals surface area contributed by atoms with E-state index < -0.39 is 0 Å². The van der Waals surface area contributed by atoms with Gasteiger partial charge in [-0.2, -0.15) is 0 Å². The Kier molecular flexibility index (Phi) is 3.89. The Bertz CT molecular complexity index is 492. The number of nitrogens with one attached hydrogen (secondary N) is 1. The Morgan fingerprint density at radius 3 is 2.56 bits per heavy atom. The van der Waals surface area contributed by atoms with Crippen molar-refractivity contribution in [1.82, 2.24) is 5.32 Å². The van der Waals surface area contributed by atoms with Crippen LogP contribution < -0.4 is 5.32 Å². The van der Waals surface area contributed by atoms with Crippen LogP contribution in [0.4, 0.5) is 0 Å². The summed E-state index contributed by atoms with van der Waals surface area (Å²) in [4.78, 5) is 1.30. The second-order valence-electron chi connectivity index (χ2n) is 3.43. The van der Waals surface area contributed by atoms with E-state index in [1.807, 2.05) is 13.1 Å². The summed E-state index contributed by atoms with van der Waals surface area (Å²) in [5.74, 6) is 0. The summed E-state index contributed by atoms with van der Waals surface area (Å²) < 4.78 is 7.22. The summed E-state index contributed by atoms with van der Waals surface area (Å²) in [6.07, 6.45) is 1.69. The molecule has 86 valence electrons. The van der Waals surface area contributed by atoms with Gasteiger partial charge in [0, 0.05) is 10.4 Å². The number of thiophene rings is 1. The van der Waals surface area contributed by atoms with Crippen molar-refractivity contribution in [2.45, 2.75) is 13.0 Å². The molecule has 2 aromatic heterocycles. The van der Waals surface area contributed by atoms with Crippen LogP contribution in [0.3, 0.4) is 0 Å². The number of rotatable bonds is 3. The van der Waals surface area contributed by atoms with Crippen molar-refractivity contribution < 1.29 is 4.42 Å². The van der Waals surface area contributed by atoms with E-state index in [4.69, 9.17) is 4.42 Å². The normalized spacial score (nSPS) is 13.0. The highest BCUT2D eigenvalue weighted by Crippen LogP contribution is 2.36. The minimum absolute atomic E-state index is 0.163. The number of furan rings is 1. The molecule has 2 rings (SSSR count). The number of halogens is 2. The minimum atomic E-state index is 0.163. The quantitative estimate of drug-likeness (QED) is 0.868. The van der Waals surface area contributed by atoms with Crippen LogP contribution in [0.5, 0.6) is 0 Å². The maximum Gasteiger partial charge on any atom is 0.174 e. The maximum absolute atomic E-state index is 5.28. The van der Waals surface area contributed by atoms with Crippen LogP contribution in [0.15, 0.2) is 31.3 Å². The predicted octanol–water partition coefficient (Wildman–Crippen LogP) is 4.48. The largest absolute Gasteiger partial charge is 0.457 e. The fraction of sp³-hybridized carbons (Fsp3) is 0.273. The molecule has 16 heavy (non-hydrogen) atoms. The standard InChI is InChI=1S/C11H11Br2NOS/c1-6-8(5-9(12)16-6)10(14-2)7-3-4-15-11(7)13/h3-5,10,14H,1-2H3. The van der Waals surface area contributed by atoms with Gasteiger partial charge in [0.15, 0.2) is 4.67 Å². The van der Waals surface area contributed by atoms with E-state index in [1.54, 1.807) is 17.6 Å². The molecule has 0 saturated heterocycles. The van der Waals surface area contributed by atoms with E-state index in [9.17, 15) is 0 Å². The molecule has 5 heteroatoms. The summed E-state index contributed by atoms with van der Waals surface area (Å²) in [6.45, 7) is 2.13. The Labute approximate surface area is 115 Å². The second-order valence-corrected chi connectivity index (χ2v) is 6.79. The van der Waals surface area contributed by atoms with E-state index in [-0.39, 0.29) is 6.04 Å². The number of hydrogen-bond acceptors (Lipinski definition) is 3. The Balaban J connectivity index is 2.44. The molecule has 1 unspecified atom stereocenters. The first-order valence-electron chi connectivity index (χ1n) is 4.79. The van der Waals surface area contributed by atoms with Crippen LogP contribution in [-0.4, -0.2) is 7.05 Å². The van der Waals surface area contributed by atoms with Gasteiger partial charge in [0.1, 0.15) is 0 Å². The molecule has 0 aromatic carbocycles. The molecule has 0 aliphatic heterocycles. The van der Waals surface area contributed by atoms with E-state index in [2.05, 4.69) is 50.2 Å². The molecule has 0 saturated carbocycles. The van der Waals surface area contributed by atoms with Crippen molar-refractivity contribution in [2.75, 3.05) is 7.05 Å². The van der Waals surface area contributed by atoms with Gasteiger partial charge in [0.2, 0.25) is 0 Å². The number of hydrogen-bond donors (Lipinski definition) is 1. The molecule has 0 spiro atoms. The summed E-state index contributed by atoms with van der Waals surface area (Å²) in [7, 11) is 1.95. The molecule has 0 fully saturated rings. The molecule has 0 aliphatic rings. The monoisotopic (exact) mass is 363 g/mol. The van der Waals surface area contributed by atoms with Gasteiger partial charge < -0.3 is 9.73 Å². The topological polar surface area (TPSA) is 25.2 Å². The first-order chi connectivity index (χ1) is 7.63. The zero-order chi connectivity index (χ0) is 11.7. The van der Waals surface area contributed by atoms with Gasteiger partial charge in [-0.05, 0) is 63.5 Å². The second kappa shape index (κ2) is 5.04. The van der Waals surface area contributed by atoms with Crippen molar-refractivity contribution in [3.8, 4) is 0 Å². The fourth-order valence-corrected chi connectivity index (χ4v) is 3.95. The summed E-state index contributed by atoms with van der Waals surface area (Å²) in [5, 5.41) is 3.31. The van der Waals surface area contributed by atoms with Crippen molar-refractivity contribution in [1.29, 1.82) is 0 Å². The van der Waals surface area contributed by atoms with Gasteiger partial charge in [-0.3, -0.25) is 0 Å². The van der Waals surface area contributed by atoms with Crippen LogP contribution in [0.25, 0.3) is 0 Å². The van der Waals surface area contributed by atoms with E-state index >= 15 is 0 Å². The maximum atomic E-state index is 5.28. The zero-order valence-corrected chi connectivity index (χ0v) is 12.9. The lowest BCUT2D eigenvalue weighted by molar-refractivity contribution is 0.530. The third-order valence-corrected chi connectivity index (χ3v) is 4.70. The molecule has 0 radical (unpaired) electrons. The van der Waals surface area contributed by atoms with Crippen molar-refractivity contribution in [3.63, 3.8) is 0 Å². The summed E-state index contributed by atoms with van der Waals surface area (Å²) in [5.41, 5.74) is 2.40. The molecular weight excluding hydrogens is 354 g/mol. The van der Waals surface area contributed by atoms with Crippen LogP contribution in [0.2, 0.25) is 0 Å². The molecule has 0 aliphatic carbocycles. The molecule has 2 aromatic rings. The lowest BCUT2D eigenvalue weighted by atomic mass is 10.0. The summed E-state index contributed by atoms with van der Waals surface area (Å²) >= 11 is 8.69. The van der Waals surface area contributed by atoms with E-state index in [0.717, 1.165) is 14.0 Å². The van der Waals surface area contributed by atoms with Gasteiger partial charge in [-0.25, -0.2) is 0 Å². The molecule has 1 atom stereocenters. The molecule has 2 heterocycles. The average Bonchev–Trinajstić information content (AvgIpc) is 2.77. The first-order valence-corrected chi connectivity index (χ1v) is 7.19. The van der Waals surface area contributed by atoms with Crippen LogP contribution in [-0.2, 0) is 0 Å². The summed E-state index contributed by atoms with van der Waals surface area (Å²) in [6, 6.07) is 4.30. The highest BCUT2D eigenvalue weighted by Gasteiger charge is 2.20. The number of aryl methyl sites for hydroxylation is 1. The van der Waals surface area contributed by atoms with Crippen LogP contribution in [0, 0.1) is 6.92 Å². The van der Waals surface area contributed by atoms with Crippen LogP contribution in [0.1, 0.15) is 22.0 Å². The first kappa shape index (κ1) is 12.4. The Morgan fingerprint density at radius 2 is 2.12 bits per heavy atom. The average molecular weight is 365 g/mol. The van der Waals surface area contributed by atoms with Crippen LogP contribution >= 0.6 is 43.2 Å². The molecular formula is C11H11Br2NOS. The molecule has 1 N–H and O–H groups in total. The van der Waals surface area contributed by atoms with E-state index in [1.165, 1.54) is 10.4 Å². The predicted molar refractivity (Wildman–Crippen MR) is 74.1 cm³/mol.